The van der Waals surface area contributed by atoms with Gasteiger partial charge in [0.2, 0.25) is 0 Å². The number of rotatable bonds is 3. The minimum absolute atomic E-state index is 0.322. The highest BCUT2D eigenvalue weighted by Crippen LogP contribution is 2.17. The lowest BCUT2D eigenvalue weighted by molar-refractivity contribution is 0.574. The lowest BCUT2D eigenvalue weighted by atomic mass is 10.2. The van der Waals surface area contributed by atoms with Gasteiger partial charge in [0.15, 0.2) is 0 Å². The number of hydrogen-bond donors (Lipinski definition) is 1. The van der Waals surface area contributed by atoms with Crippen molar-refractivity contribution in [2.75, 3.05) is 5.32 Å². The molecule has 0 aliphatic rings. The zero-order chi connectivity index (χ0) is 12.3. The van der Waals surface area contributed by atoms with E-state index in [9.17, 15) is 8.78 Å². The average molecular weight is 298 g/mol. The Morgan fingerprint density at radius 2 is 1.88 bits per heavy atom. The second kappa shape index (κ2) is 5.27. The van der Waals surface area contributed by atoms with Crippen LogP contribution in [-0.2, 0) is 6.54 Å². The Kier molecular flexibility index (Phi) is 3.74. The van der Waals surface area contributed by atoms with Gasteiger partial charge in [-0.05, 0) is 24.3 Å². The van der Waals surface area contributed by atoms with Gasteiger partial charge in [0.25, 0.3) is 0 Å². The lowest BCUT2D eigenvalue weighted by Crippen LogP contribution is -2.02. The molecule has 0 heterocycles. The third-order valence-corrected chi connectivity index (χ3v) is 2.82. The van der Waals surface area contributed by atoms with E-state index in [4.69, 9.17) is 0 Å². The van der Waals surface area contributed by atoms with E-state index in [1.54, 1.807) is 0 Å². The van der Waals surface area contributed by atoms with Gasteiger partial charge < -0.3 is 5.32 Å². The van der Waals surface area contributed by atoms with Gasteiger partial charge in [-0.15, -0.1) is 0 Å². The predicted octanol–water partition coefficient (Wildman–Crippen LogP) is 4.34. The lowest BCUT2D eigenvalue weighted by Gasteiger charge is -2.07. The van der Waals surface area contributed by atoms with Crippen LogP contribution in [0.3, 0.4) is 0 Å². The molecule has 2 aromatic rings. The number of benzene rings is 2. The van der Waals surface area contributed by atoms with Gasteiger partial charge in [-0.2, -0.15) is 0 Å². The summed E-state index contributed by atoms with van der Waals surface area (Å²) in [4.78, 5) is 0. The Morgan fingerprint density at radius 3 is 2.59 bits per heavy atom. The summed E-state index contributed by atoms with van der Waals surface area (Å²) in [5, 5.41) is 3.07. The second-order valence-electron chi connectivity index (χ2n) is 3.60. The summed E-state index contributed by atoms with van der Waals surface area (Å²) >= 11 is 3.35. The predicted molar refractivity (Wildman–Crippen MR) is 67.8 cm³/mol. The van der Waals surface area contributed by atoms with Crippen LogP contribution in [0.1, 0.15) is 5.56 Å². The molecular weight excluding hydrogens is 288 g/mol. The molecule has 88 valence electrons. The van der Waals surface area contributed by atoms with Gasteiger partial charge in [-0.25, -0.2) is 8.78 Å². The van der Waals surface area contributed by atoms with Gasteiger partial charge in [-0.1, -0.05) is 28.1 Å². The third kappa shape index (κ3) is 3.27. The zero-order valence-corrected chi connectivity index (χ0v) is 10.5. The van der Waals surface area contributed by atoms with Crippen molar-refractivity contribution in [1.82, 2.24) is 0 Å². The number of anilines is 1. The summed E-state index contributed by atoms with van der Waals surface area (Å²) in [5.74, 6) is -1.10. The van der Waals surface area contributed by atoms with Crippen LogP contribution in [0.25, 0.3) is 0 Å². The molecule has 0 atom stereocenters. The molecule has 0 unspecified atom stereocenters. The first-order chi connectivity index (χ1) is 8.15. The highest BCUT2D eigenvalue weighted by atomic mass is 79.9. The Hall–Kier alpha value is -1.42. The average Bonchev–Trinajstić information content (AvgIpc) is 2.28. The molecule has 0 spiro atoms. The standard InChI is InChI=1S/C13H10BrF2N/c14-10-2-1-3-12(6-10)17-8-9-4-5-11(15)7-13(9)16/h1-7,17H,8H2. The summed E-state index contributed by atoms with van der Waals surface area (Å²) in [6.45, 7) is 0.322. The van der Waals surface area contributed by atoms with Crippen molar-refractivity contribution in [3.63, 3.8) is 0 Å². The van der Waals surface area contributed by atoms with Crippen molar-refractivity contribution in [2.45, 2.75) is 6.54 Å². The molecule has 1 nitrogen and oxygen atoms in total. The smallest absolute Gasteiger partial charge is 0.131 e. The normalized spacial score (nSPS) is 10.3. The van der Waals surface area contributed by atoms with Crippen LogP contribution in [0.4, 0.5) is 14.5 Å². The fourth-order valence-electron chi connectivity index (χ4n) is 1.46. The van der Waals surface area contributed by atoms with E-state index in [1.807, 2.05) is 24.3 Å². The molecule has 0 aliphatic heterocycles. The van der Waals surface area contributed by atoms with Crippen LogP contribution in [0.2, 0.25) is 0 Å². The Balaban J connectivity index is 2.07. The van der Waals surface area contributed by atoms with Crippen LogP contribution < -0.4 is 5.32 Å². The van der Waals surface area contributed by atoms with Crippen LogP contribution in [0.5, 0.6) is 0 Å². The molecule has 2 rings (SSSR count). The van der Waals surface area contributed by atoms with Crippen molar-refractivity contribution >= 4 is 21.6 Å². The number of halogens is 3. The molecule has 2 aromatic carbocycles. The van der Waals surface area contributed by atoms with Crippen molar-refractivity contribution in [3.05, 3.63) is 64.1 Å². The largest absolute Gasteiger partial charge is 0.381 e. The summed E-state index contributed by atoms with van der Waals surface area (Å²) in [5.41, 5.74) is 1.31. The Bertz CT molecular complexity index is 529. The molecule has 0 aliphatic carbocycles. The topological polar surface area (TPSA) is 12.0 Å². The first-order valence-corrected chi connectivity index (χ1v) is 5.88. The molecule has 0 saturated carbocycles. The van der Waals surface area contributed by atoms with Gasteiger partial charge in [0.1, 0.15) is 11.6 Å². The summed E-state index contributed by atoms with van der Waals surface area (Å²) < 4.78 is 27.0. The van der Waals surface area contributed by atoms with Crippen molar-refractivity contribution in [2.24, 2.45) is 0 Å². The SMILES string of the molecule is Fc1ccc(CNc2cccc(Br)c2)c(F)c1. The van der Waals surface area contributed by atoms with E-state index in [0.717, 1.165) is 16.2 Å². The highest BCUT2D eigenvalue weighted by molar-refractivity contribution is 9.10. The van der Waals surface area contributed by atoms with Gasteiger partial charge >= 0.3 is 0 Å². The fraction of sp³-hybridized carbons (Fsp3) is 0.0769. The Labute approximate surface area is 107 Å². The van der Waals surface area contributed by atoms with Crippen molar-refractivity contribution in [1.29, 1.82) is 0 Å². The minimum Gasteiger partial charge on any atom is -0.381 e. The maximum atomic E-state index is 13.3. The van der Waals surface area contributed by atoms with E-state index < -0.39 is 11.6 Å². The van der Waals surface area contributed by atoms with Gasteiger partial charge in [0, 0.05) is 28.3 Å². The van der Waals surface area contributed by atoms with Crippen LogP contribution in [-0.4, -0.2) is 0 Å². The van der Waals surface area contributed by atoms with Crippen LogP contribution in [0, 0.1) is 11.6 Å². The molecular formula is C13H10BrF2N. The van der Waals surface area contributed by atoms with E-state index in [2.05, 4.69) is 21.2 Å². The van der Waals surface area contributed by atoms with Gasteiger partial charge in [-0.3, -0.25) is 0 Å². The maximum Gasteiger partial charge on any atom is 0.131 e. The molecule has 0 radical (unpaired) electrons. The maximum absolute atomic E-state index is 13.3. The molecule has 0 bridgehead atoms. The minimum atomic E-state index is -0.561. The number of nitrogens with one attached hydrogen (secondary N) is 1. The van der Waals surface area contributed by atoms with Crippen LogP contribution >= 0.6 is 15.9 Å². The van der Waals surface area contributed by atoms with E-state index in [-0.39, 0.29) is 0 Å². The molecule has 1 N–H and O–H groups in total. The highest BCUT2D eigenvalue weighted by Gasteiger charge is 2.03. The third-order valence-electron chi connectivity index (χ3n) is 2.32. The van der Waals surface area contributed by atoms with E-state index in [0.29, 0.717) is 12.1 Å². The van der Waals surface area contributed by atoms with Crippen molar-refractivity contribution < 1.29 is 8.78 Å². The summed E-state index contributed by atoms with van der Waals surface area (Å²) in [7, 11) is 0. The monoisotopic (exact) mass is 297 g/mol. The van der Waals surface area contributed by atoms with E-state index in [1.165, 1.54) is 12.1 Å². The second-order valence-corrected chi connectivity index (χ2v) is 4.52. The first kappa shape index (κ1) is 12.0. The zero-order valence-electron chi connectivity index (χ0n) is 8.88. The fourth-order valence-corrected chi connectivity index (χ4v) is 1.86. The molecule has 4 heteroatoms. The number of hydrogen-bond acceptors (Lipinski definition) is 1. The summed E-state index contributed by atoms with van der Waals surface area (Å²) in [6, 6.07) is 11.1. The Morgan fingerprint density at radius 1 is 1.06 bits per heavy atom. The molecule has 0 saturated heterocycles. The first-order valence-electron chi connectivity index (χ1n) is 5.08. The van der Waals surface area contributed by atoms with Gasteiger partial charge in [0.05, 0.1) is 0 Å². The van der Waals surface area contributed by atoms with Crippen LogP contribution in [0.15, 0.2) is 46.9 Å². The quantitative estimate of drug-likeness (QED) is 0.889. The molecule has 17 heavy (non-hydrogen) atoms. The molecule has 0 amide bonds. The van der Waals surface area contributed by atoms with Crippen molar-refractivity contribution in [3.8, 4) is 0 Å². The van der Waals surface area contributed by atoms with E-state index >= 15 is 0 Å². The molecule has 0 fully saturated rings. The summed E-state index contributed by atoms with van der Waals surface area (Å²) in [6.07, 6.45) is 0. The molecule has 0 aromatic heterocycles.